The minimum atomic E-state index is -4.51. The Morgan fingerprint density at radius 3 is 2.87 bits per heavy atom. The van der Waals surface area contributed by atoms with Crippen LogP contribution in [0.25, 0.3) is 0 Å². The summed E-state index contributed by atoms with van der Waals surface area (Å²) in [5.41, 5.74) is -1.01. The molecule has 0 unspecified atom stereocenters. The van der Waals surface area contributed by atoms with Crippen molar-refractivity contribution in [1.29, 1.82) is 0 Å². The number of carbonyl (C=O) groups is 1. The van der Waals surface area contributed by atoms with Crippen molar-refractivity contribution in [3.05, 3.63) is 35.4 Å². The molecule has 1 saturated heterocycles. The van der Waals surface area contributed by atoms with Gasteiger partial charge in [-0.2, -0.15) is 13.2 Å². The third-order valence-electron chi connectivity index (χ3n) is 3.33. The van der Waals surface area contributed by atoms with Crippen molar-refractivity contribution in [2.24, 2.45) is 4.99 Å². The Labute approximate surface area is 131 Å². The molecule has 23 heavy (non-hydrogen) atoms. The lowest BCUT2D eigenvalue weighted by Crippen LogP contribution is -2.32. The highest BCUT2D eigenvalue weighted by atomic mass is 19.4. The number of amidine groups is 1. The summed E-state index contributed by atoms with van der Waals surface area (Å²) in [6.07, 6.45) is -2.69. The van der Waals surface area contributed by atoms with Gasteiger partial charge < -0.3 is 9.47 Å². The van der Waals surface area contributed by atoms with Crippen LogP contribution >= 0.6 is 0 Å². The van der Waals surface area contributed by atoms with Crippen LogP contribution in [0.1, 0.15) is 28.8 Å². The summed E-state index contributed by atoms with van der Waals surface area (Å²) in [5, 5.41) is 2.35. The molecule has 126 valence electrons. The maximum atomic E-state index is 12.7. The van der Waals surface area contributed by atoms with E-state index >= 15 is 0 Å². The van der Waals surface area contributed by atoms with Crippen LogP contribution in [0.4, 0.5) is 13.2 Å². The van der Waals surface area contributed by atoms with Crippen LogP contribution in [0, 0.1) is 0 Å². The first-order chi connectivity index (χ1) is 10.9. The van der Waals surface area contributed by atoms with Gasteiger partial charge in [0, 0.05) is 12.2 Å². The average molecular weight is 330 g/mol. The first-order valence-corrected chi connectivity index (χ1v) is 7.09. The lowest BCUT2D eigenvalue weighted by molar-refractivity contribution is -0.137. The first kappa shape index (κ1) is 17.3. The Morgan fingerprint density at radius 1 is 1.48 bits per heavy atom. The van der Waals surface area contributed by atoms with E-state index in [2.05, 4.69) is 10.3 Å². The molecule has 0 aromatic heterocycles. The first-order valence-electron chi connectivity index (χ1n) is 7.09. The number of nitrogens with zero attached hydrogens (tertiary/aromatic N) is 1. The van der Waals surface area contributed by atoms with Gasteiger partial charge in [-0.1, -0.05) is 6.07 Å². The molecule has 1 aliphatic heterocycles. The highest BCUT2D eigenvalue weighted by Gasteiger charge is 2.31. The molecule has 0 saturated carbocycles. The largest absolute Gasteiger partial charge is 0.468 e. The number of carbonyl (C=O) groups excluding carboxylic acids is 1. The van der Waals surface area contributed by atoms with E-state index in [0.717, 1.165) is 25.0 Å². The number of aliphatic imine (C=N–C) groups is 1. The number of ether oxygens (including phenoxy) is 2. The van der Waals surface area contributed by atoms with E-state index in [-0.39, 0.29) is 17.7 Å². The molecule has 0 bridgehead atoms. The van der Waals surface area contributed by atoms with Crippen molar-refractivity contribution in [3.63, 3.8) is 0 Å². The number of benzene rings is 1. The number of halogens is 3. The van der Waals surface area contributed by atoms with Gasteiger partial charge in [-0.15, -0.1) is 0 Å². The maximum Gasteiger partial charge on any atom is 0.416 e. The number of rotatable bonds is 3. The Bertz CT molecular complexity index is 582. The predicted molar refractivity (Wildman–Crippen MR) is 77.2 cm³/mol. The van der Waals surface area contributed by atoms with Gasteiger partial charge in [-0.3, -0.25) is 10.1 Å². The summed E-state index contributed by atoms with van der Waals surface area (Å²) in [6, 6.07) is 4.09. The van der Waals surface area contributed by atoms with Crippen LogP contribution in [0.3, 0.4) is 0 Å². The van der Waals surface area contributed by atoms with Crippen molar-refractivity contribution in [1.82, 2.24) is 5.32 Å². The molecule has 2 rings (SSSR count). The van der Waals surface area contributed by atoms with Crippen LogP contribution in [0.15, 0.2) is 29.3 Å². The average Bonchev–Trinajstić information content (AvgIpc) is 3.04. The summed E-state index contributed by atoms with van der Waals surface area (Å²) in [5.74, 6) is -0.718. The second kappa shape index (κ2) is 7.45. The summed E-state index contributed by atoms with van der Waals surface area (Å²) < 4.78 is 48.3. The molecular formula is C15H17F3N2O3. The fourth-order valence-corrected chi connectivity index (χ4v) is 2.13. The fraction of sp³-hybridized carbons (Fsp3) is 0.467. The second-order valence-electron chi connectivity index (χ2n) is 5.02. The minimum Gasteiger partial charge on any atom is -0.468 e. The Balaban J connectivity index is 2.03. The molecule has 5 nitrogen and oxygen atoms in total. The third kappa shape index (κ3) is 4.95. The standard InChI is InChI=1S/C15H17F3N2O3/c1-22-14(19-9-12-6-3-7-23-12)20-13(21)10-4-2-5-11(8-10)15(16,17)18/h2,4-5,8,12H,3,6-7,9H2,1H3,(H,19,20,21)/t12-/m0/s1. The predicted octanol–water partition coefficient (Wildman–Crippen LogP) is 2.62. The van der Waals surface area contributed by atoms with Gasteiger partial charge in [-0.05, 0) is 31.0 Å². The number of methoxy groups -OCH3 is 1. The third-order valence-corrected chi connectivity index (χ3v) is 3.33. The normalized spacial score (nSPS) is 18.8. The van der Waals surface area contributed by atoms with Gasteiger partial charge in [0.25, 0.3) is 11.9 Å². The lowest BCUT2D eigenvalue weighted by Gasteiger charge is -2.11. The van der Waals surface area contributed by atoms with E-state index in [1.807, 2.05) is 0 Å². The lowest BCUT2D eigenvalue weighted by atomic mass is 10.1. The van der Waals surface area contributed by atoms with E-state index < -0.39 is 17.6 Å². The highest BCUT2D eigenvalue weighted by molar-refractivity contribution is 6.04. The Kier molecular flexibility index (Phi) is 5.59. The number of hydrogen-bond donors (Lipinski definition) is 1. The molecule has 8 heteroatoms. The zero-order chi connectivity index (χ0) is 16.9. The van der Waals surface area contributed by atoms with Crippen LogP contribution < -0.4 is 5.32 Å². The number of alkyl halides is 3. The van der Waals surface area contributed by atoms with Crippen molar-refractivity contribution < 1.29 is 27.4 Å². The molecular weight excluding hydrogens is 313 g/mol. The second-order valence-corrected chi connectivity index (χ2v) is 5.02. The van der Waals surface area contributed by atoms with E-state index in [1.165, 1.54) is 19.2 Å². The van der Waals surface area contributed by atoms with Crippen molar-refractivity contribution >= 4 is 11.9 Å². The summed E-state index contributed by atoms with van der Waals surface area (Å²) in [4.78, 5) is 16.1. The van der Waals surface area contributed by atoms with E-state index in [0.29, 0.717) is 13.2 Å². The molecule has 0 aliphatic carbocycles. The zero-order valence-electron chi connectivity index (χ0n) is 12.5. The summed E-state index contributed by atoms with van der Waals surface area (Å²) in [6.45, 7) is 1.01. The van der Waals surface area contributed by atoms with Crippen LogP contribution in [-0.2, 0) is 15.7 Å². The molecule has 1 aromatic rings. The van der Waals surface area contributed by atoms with Gasteiger partial charge in [0.1, 0.15) is 0 Å². The fourth-order valence-electron chi connectivity index (χ4n) is 2.13. The maximum absolute atomic E-state index is 12.7. The monoisotopic (exact) mass is 330 g/mol. The summed E-state index contributed by atoms with van der Waals surface area (Å²) in [7, 11) is 1.32. The topological polar surface area (TPSA) is 59.9 Å². The van der Waals surface area contributed by atoms with Gasteiger partial charge in [0.15, 0.2) is 0 Å². The SMILES string of the molecule is COC(=NC[C@@H]1CCCO1)NC(=O)c1cccc(C(F)(F)F)c1. The molecule has 0 radical (unpaired) electrons. The molecule has 1 atom stereocenters. The van der Waals surface area contributed by atoms with Crippen molar-refractivity contribution in [2.45, 2.75) is 25.1 Å². The van der Waals surface area contributed by atoms with Gasteiger partial charge in [0.05, 0.1) is 25.3 Å². The molecule has 1 aliphatic rings. The van der Waals surface area contributed by atoms with Crippen LogP contribution in [0.2, 0.25) is 0 Å². The molecule has 1 amide bonds. The van der Waals surface area contributed by atoms with Gasteiger partial charge >= 0.3 is 6.18 Å². The molecule has 1 aromatic carbocycles. The zero-order valence-corrected chi connectivity index (χ0v) is 12.5. The summed E-state index contributed by atoms with van der Waals surface area (Å²) >= 11 is 0. The number of amides is 1. The number of nitrogens with one attached hydrogen (secondary N) is 1. The molecule has 1 heterocycles. The quantitative estimate of drug-likeness (QED) is 0.685. The smallest absolute Gasteiger partial charge is 0.416 e. The van der Waals surface area contributed by atoms with Crippen LogP contribution in [0.5, 0.6) is 0 Å². The highest BCUT2D eigenvalue weighted by Crippen LogP contribution is 2.29. The van der Waals surface area contributed by atoms with Crippen molar-refractivity contribution in [3.8, 4) is 0 Å². The van der Waals surface area contributed by atoms with E-state index in [9.17, 15) is 18.0 Å². The van der Waals surface area contributed by atoms with E-state index in [1.54, 1.807) is 0 Å². The van der Waals surface area contributed by atoms with E-state index in [4.69, 9.17) is 9.47 Å². The van der Waals surface area contributed by atoms with Gasteiger partial charge in [0.2, 0.25) is 0 Å². The Morgan fingerprint density at radius 2 is 2.26 bits per heavy atom. The minimum absolute atomic E-state index is 0.0226. The number of hydrogen-bond acceptors (Lipinski definition) is 4. The molecule has 1 fully saturated rings. The van der Waals surface area contributed by atoms with Gasteiger partial charge in [-0.25, -0.2) is 4.99 Å². The van der Waals surface area contributed by atoms with Crippen LogP contribution in [-0.4, -0.2) is 38.3 Å². The molecule has 0 spiro atoms. The van der Waals surface area contributed by atoms with Crippen molar-refractivity contribution in [2.75, 3.05) is 20.3 Å². The Hall–Kier alpha value is -2.09. The molecule has 1 N–H and O–H groups in total.